The first kappa shape index (κ1) is 22.4. The number of anilines is 1. The van der Waals surface area contributed by atoms with Crippen molar-refractivity contribution < 1.29 is 4.79 Å². The summed E-state index contributed by atoms with van der Waals surface area (Å²) in [5, 5.41) is 13.7. The van der Waals surface area contributed by atoms with Crippen molar-refractivity contribution in [1.82, 2.24) is 10.6 Å². The summed E-state index contributed by atoms with van der Waals surface area (Å²) in [5.41, 5.74) is 3.14. The molecular weight excluding hydrogens is 459 g/mol. The molecule has 1 amide bonds. The number of thiophene rings is 1. The Hall–Kier alpha value is -1.61. The lowest BCUT2D eigenvalue weighted by Gasteiger charge is -2.12. The number of carbonyl (C=O) groups is 1. The highest BCUT2D eigenvalue weighted by Crippen LogP contribution is 2.11. The van der Waals surface area contributed by atoms with E-state index in [9.17, 15) is 4.79 Å². The number of halogens is 1. The van der Waals surface area contributed by atoms with E-state index in [1.807, 2.05) is 38.1 Å². The van der Waals surface area contributed by atoms with Gasteiger partial charge in [-0.15, -0.1) is 24.0 Å². The van der Waals surface area contributed by atoms with Gasteiger partial charge >= 0.3 is 0 Å². The van der Waals surface area contributed by atoms with Gasteiger partial charge in [-0.05, 0) is 53.4 Å². The number of benzene rings is 1. The van der Waals surface area contributed by atoms with Gasteiger partial charge in [0.1, 0.15) is 0 Å². The average molecular weight is 486 g/mol. The molecule has 2 aromatic rings. The van der Waals surface area contributed by atoms with E-state index in [2.05, 4.69) is 37.8 Å². The molecule has 0 saturated heterocycles. The summed E-state index contributed by atoms with van der Waals surface area (Å²) in [5.74, 6) is 0.840. The van der Waals surface area contributed by atoms with Crippen molar-refractivity contribution >= 4 is 52.9 Å². The molecule has 0 bridgehead atoms. The number of aliphatic imine (C=N–C) groups is 1. The Labute approximate surface area is 176 Å². The number of hydrogen-bond donors (Lipinski definition) is 3. The molecule has 0 fully saturated rings. The molecule has 0 saturated carbocycles. The van der Waals surface area contributed by atoms with E-state index in [0.717, 1.165) is 30.2 Å². The fourth-order valence-electron chi connectivity index (χ4n) is 2.29. The Bertz CT molecular complexity index is 689. The molecule has 7 heteroatoms. The minimum Gasteiger partial charge on any atom is -0.357 e. The van der Waals surface area contributed by atoms with Crippen LogP contribution in [0.4, 0.5) is 5.69 Å². The smallest absolute Gasteiger partial charge is 0.224 e. The summed E-state index contributed by atoms with van der Waals surface area (Å²) in [4.78, 5) is 16.3. The van der Waals surface area contributed by atoms with E-state index in [1.54, 1.807) is 11.3 Å². The maximum Gasteiger partial charge on any atom is 0.224 e. The molecule has 0 aliphatic heterocycles. The zero-order chi connectivity index (χ0) is 17.9. The number of nitrogens with zero attached hydrogens (tertiary/aromatic N) is 1. The second-order valence-electron chi connectivity index (χ2n) is 5.68. The number of rotatable bonds is 8. The minimum atomic E-state index is 0. The summed E-state index contributed by atoms with van der Waals surface area (Å²) in [6.45, 7) is 6.16. The summed E-state index contributed by atoms with van der Waals surface area (Å²) in [6.07, 6.45) is 1.39. The lowest BCUT2D eigenvalue weighted by atomic mass is 10.2. The van der Waals surface area contributed by atoms with E-state index in [1.165, 1.54) is 5.56 Å². The monoisotopic (exact) mass is 486 g/mol. The van der Waals surface area contributed by atoms with Gasteiger partial charge in [0, 0.05) is 25.2 Å². The van der Waals surface area contributed by atoms with Gasteiger partial charge in [-0.25, -0.2) is 4.99 Å². The van der Waals surface area contributed by atoms with Crippen molar-refractivity contribution in [2.75, 3.05) is 11.9 Å². The fraction of sp³-hybridized carbons (Fsp3) is 0.368. The number of hydrogen-bond acceptors (Lipinski definition) is 3. The van der Waals surface area contributed by atoms with Gasteiger partial charge in [-0.1, -0.05) is 19.1 Å². The standard InChI is InChI=1S/C19H26N4OS.HI/c1-3-6-18(24)23-17-8-5-7-15(11-17)12-21-19(20-4-2)22-13-16-9-10-25-14-16;/h5,7-11,14H,3-4,6,12-13H2,1-2H3,(H,23,24)(H2,20,21,22);1H. The maximum absolute atomic E-state index is 11.7. The number of guanidine groups is 1. The molecule has 0 atom stereocenters. The molecule has 1 aromatic heterocycles. The number of nitrogens with one attached hydrogen (secondary N) is 3. The van der Waals surface area contributed by atoms with Crippen LogP contribution >= 0.6 is 35.3 Å². The Morgan fingerprint density at radius 2 is 2.00 bits per heavy atom. The highest BCUT2D eigenvalue weighted by atomic mass is 127. The van der Waals surface area contributed by atoms with Crippen molar-refractivity contribution in [3.8, 4) is 0 Å². The van der Waals surface area contributed by atoms with Crippen LogP contribution in [0.1, 0.15) is 37.8 Å². The summed E-state index contributed by atoms with van der Waals surface area (Å²) < 4.78 is 0. The SMILES string of the molecule is CCCC(=O)Nc1cccc(CNC(=NCc2ccsc2)NCC)c1.I. The molecule has 0 aliphatic carbocycles. The Morgan fingerprint density at radius 3 is 2.69 bits per heavy atom. The molecule has 1 heterocycles. The first-order chi connectivity index (χ1) is 12.2. The zero-order valence-electron chi connectivity index (χ0n) is 15.2. The predicted octanol–water partition coefficient (Wildman–Crippen LogP) is 4.36. The lowest BCUT2D eigenvalue weighted by molar-refractivity contribution is -0.116. The quantitative estimate of drug-likeness (QED) is 0.295. The Balaban J connectivity index is 0.00000338. The van der Waals surface area contributed by atoms with Crippen LogP contribution in [0.2, 0.25) is 0 Å². The van der Waals surface area contributed by atoms with Gasteiger partial charge in [0.2, 0.25) is 5.91 Å². The third-order valence-electron chi connectivity index (χ3n) is 3.49. The second-order valence-corrected chi connectivity index (χ2v) is 6.46. The van der Waals surface area contributed by atoms with Crippen molar-refractivity contribution in [2.24, 2.45) is 4.99 Å². The van der Waals surface area contributed by atoms with Gasteiger partial charge in [0.05, 0.1) is 6.54 Å². The summed E-state index contributed by atoms with van der Waals surface area (Å²) >= 11 is 1.68. The maximum atomic E-state index is 11.7. The van der Waals surface area contributed by atoms with E-state index in [0.29, 0.717) is 19.5 Å². The van der Waals surface area contributed by atoms with Crippen LogP contribution in [0.25, 0.3) is 0 Å². The topological polar surface area (TPSA) is 65.5 Å². The van der Waals surface area contributed by atoms with Crippen molar-refractivity contribution in [2.45, 2.75) is 39.8 Å². The van der Waals surface area contributed by atoms with Crippen LogP contribution in [-0.4, -0.2) is 18.4 Å². The molecule has 0 radical (unpaired) electrons. The largest absolute Gasteiger partial charge is 0.357 e. The van der Waals surface area contributed by atoms with Crippen LogP contribution in [0.15, 0.2) is 46.1 Å². The van der Waals surface area contributed by atoms with Crippen LogP contribution in [0.3, 0.4) is 0 Å². The Kier molecular flexibility index (Phi) is 11.0. The van der Waals surface area contributed by atoms with Crippen LogP contribution in [0, 0.1) is 0 Å². The summed E-state index contributed by atoms with van der Waals surface area (Å²) in [6, 6.07) is 9.97. The highest BCUT2D eigenvalue weighted by molar-refractivity contribution is 14.0. The van der Waals surface area contributed by atoms with Crippen LogP contribution in [0.5, 0.6) is 0 Å². The molecule has 5 nitrogen and oxygen atoms in total. The van der Waals surface area contributed by atoms with Gasteiger partial charge < -0.3 is 16.0 Å². The third-order valence-corrected chi connectivity index (χ3v) is 4.22. The molecule has 0 spiro atoms. The lowest BCUT2D eigenvalue weighted by Crippen LogP contribution is -2.36. The molecule has 2 rings (SSSR count). The summed E-state index contributed by atoms with van der Waals surface area (Å²) in [7, 11) is 0. The molecule has 0 unspecified atom stereocenters. The second kappa shape index (κ2) is 12.7. The van der Waals surface area contributed by atoms with Crippen molar-refractivity contribution in [1.29, 1.82) is 0 Å². The fourth-order valence-corrected chi connectivity index (χ4v) is 2.95. The van der Waals surface area contributed by atoms with Crippen molar-refractivity contribution in [3.05, 3.63) is 52.2 Å². The average Bonchev–Trinajstić information content (AvgIpc) is 3.11. The number of amides is 1. The first-order valence-corrected chi connectivity index (χ1v) is 9.57. The minimum absolute atomic E-state index is 0. The Morgan fingerprint density at radius 1 is 1.15 bits per heavy atom. The van der Waals surface area contributed by atoms with Gasteiger partial charge in [-0.3, -0.25) is 4.79 Å². The molecule has 3 N–H and O–H groups in total. The van der Waals surface area contributed by atoms with Crippen molar-refractivity contribution in [3.63, 3.8) is 0 Å². The van der Waals surface area contributed by atoms with Crippen LogP contribution in [-0.2, 0) is 17.9 Å². The highest BCUT2D eigenvalue weighted by Gasteiger charge is 2.03. The number of carbonyl (C=O) groups excluding carboxylic acids is 1. The first-order valence-electron chi connectivity index (χ1n) is 8.63. The van der Waals surface area contributed by atoms with Gasteiger partial charge in [-0.2, -0.15) is 11.3 Å². The zero-order valence-corrected chi connectivity index (χ0v) is 18.4. The molecule has 0 aliphatic rings. The van der Waals surface area contributed by atoms with E-state index in [-0.39, 0.29) is 29.9 Å². The van der Waals surface area contributed by atoms with E-state index in [4.69, 9.17) is 0 Å². The van der Waals surface area contributed by atoms with Gasteiger partial charge in [0.25, 0.3) is 0 Å². The molecule has 26 heavy (non-hydrogen) atoms. The molecule has 1 aromatic carbocycles. The van der Waals surface area contributed by atoms with Crippen LogP contribution < -0.4 is 16.0 Å². The van der Waals surface area contributed by atoms with E-state index >= 15 is 0 Å². The molecule has 142 valence electrons. The van der Waals surface area contributed by atoms with E-state index < -0.39 is 0 Å². The molecular formula is C19H27IN4OS. The third kappa shape index (κ3) is 8.18. The normalized spacial score (nSPS) is 10.8. The van der Waals surface area contributed by atoms with Gasteiger partial charge in [0.15, 0.2) is 5.96 Å². The predicted molar refractivity (Wildman–Crippen MR) is 121 cm³/mol.